The summed E-state index contributed by atoms with van der Waals surface area (Å²) in [6, 6.07) is 0.492. The molecule has 2 heterocycles. The molecule has 0 bridgehead atoms. The Balaban J connectivity index is 2.40. The van der Waals surface area contributed by atoms with Crippen molar-refractivity contribution in [3.05, 3.63) is 11.3 Å². The molecule has 4 heteroatoms. The lowest BCUT2D eigenvalue weighted by molar-refractivity contribution is 0.112. The minimum absolute atomic E-state index is 0.492. The van der Waals surface area contributed by atoms with Crippen molar-refractivity contribution >= 4 is 12.1 Å². The fourth-order valence-electron chi connectivity index (χ4n) is 2.73. The van der Waals surface area contributed by atoms with Crippen molar-refractivity contribution < 1.29 is 4.79 Å². The molecule has 0 N–H and O–H groups in total. The average molecular weight is 235 g/mol. The van der Waals surface area contributed by atoms with Gasteiger partial charge in [0.25, 0.3) is 0 Å². The van der Waals surface area contributed by atoms with E-state index in [4.69, 9.17) is 0 Å². The third-order valence-electron chi connectivity index (χ3n) is 3.68. The molecule has 1 atom stereocenters. The number of nitrogens with zero attached hydrogens (tertiary/aromatic N) is 3. The minimum atomic E-state index is 0.492. The van der Waals surface area contributed by atoms with Crippen LogP contribution in [0.1, 0.15) is 48.7 Å². The smallest absolute Gasteiger partial charge is 0.155 e. The highest BCUT2D eigenvalue weighted by Crippen LogP contribution is 2.27. The zero-order valence-electron chi connectivity index (χ0n) is 10.9. The monoisotopic (exact) mass is 235 g/mol. The normalized spacial score (nSPS) is 21.4. The first-order valence-corrected chi connectivity index (χ1v) is 6.40. The fourth-order valence-corrected chi connectivity index (χ4v) is 2.73. The van der Waals surface area contributed by atoms with Crippen LogP contribution >= 0.6 is 0 Å². The molecule has 0 amide bonds. The first-order chi connectivity index (χ1) is 8.15. The van der Waals surface area contributed by atoms with E-state index in [-0.39, 0.29) is 0 Å². The number of hydrogen-bond acceptors (Lipinski definition) is 3. The lowest BCUT2D eigenvalue weighted by Crippen LogP contribution is -2.34. The van der Waals surface area contributed by atoms with Gasteiger partial charge in [0.15, 0.2) is 6.29 Å². The van der Waals surface area contributed by atoms with E-state index in [9.17, 15) is 4.79 Å². The van der Waals surface area contributed by atoms with E-state index in [0.29, 0.717) is 6.04 Å². The van der Waals surface area contributed by atoms with Crippen LogP contribution in [0.15, 0.2) is 0 Å². The van der Waals surface area contributed by atoms with Crippen molar-refractivity contribution in [3.63, 3.8) is 0 Å². The molecular weight excluding hydrogens is 214 g/mol. The Labute approximate surface area is 103 Å². The number of hydrogen-bond donors (Lipinski definition) is 0. The van der Waals surface area contributed by atoms with Crippen molar-refractivity contribution in [3.8, 4) is 0 Å². The van der Waals surface area contributed by atoms with Crippen LogP contribution < -0.4 is 4.90 Å². The predicted octanol–water partition coefficient (Wildman–Crippen LogP) is 2.31. The van der Waals surface area contributed by atoms with E-state index < -0.39 is 0 Å². The third-order valence-corrected chi connectivity index (χ3v) is 3.68. The molecule has 1 aliphatic rings. The molecule has 1 saturated heterocycles. The number of aldehydes is 1. The number of aromatic nitrogens is 2. The van der Waals surface area contributed by atoms with Crippen molar-refractivity contribution in [1.82, 2.24) is 9.78 Å². The Morgan fingerprint density at radius 3 is 2.82 bits per heavy atom. The molecule has 1 aliphatic heterocycles. The summed E-state index contributed by atoms with van der Waals surface area (Å²) >= 11 is 0. The number of aryl methyl sites for hydroxylation is 2. The summed E-state index contributed by atoms with van der Waals surface area (Å²) in [6.45, 7) is 5.17. The Hall–Kier alpha value is -1.32. The van der Waals surface area contributed by atoms with Gasteiger partial charge >= 0.3 is 0 Å². The van der Waals surface area contributed by atoms with Gasteiger partial charge < -0.3 is 4.90 Å². The van der Waals surface area contributed by atoms with Crippen molar-refractivity contribution in [2.75, 3.05) is 11.4 Å². The standard InChI is InChI=1S/C13H21N3O/c1-10-7-5-4-6-8-16(10)13-12(9-17)11(2)14-15(13)3/h9-10H,4-8H2,1-3H3. The fraction of sp³-hybridized carbons (Fsp3) is 0.692. The van der Waals surface area contributed by atoms with Gasteiger partial charge in [-0.15, -0.1) is 0 Å². The second kappa shape index (κ2) is 4.90. The van der Waals surface area contributed by atoms with Gasteiger partial charge in [-0.25, -0.2) is 0 Å². The van der Waals surface area contributed by atoms with Gasteiger partial charge in [-0.1, -0.05) is 12.8 Å². The Morgan fingerprint density at radius 1 is 1.35 bits per heavy atom. The van der Waals surface area contributed by atoms with Gasteiger partial charge in [0.1, 0.15) is 5.82 Å². The summed E-state index contributed by atoms with van der Waals surface area (Å²) in [4.78, 5) is 13.6. The quantitative estimate of drug-likeness (QED) is 0.738. The van der Waals surface area contributed by atoms with Crippen molar-refractivity contribution in [2.24, 2.45) is 7.05 Å². The molecule has 0 saturated carbocycles. The summed E-state index contributed by atoms with van der Waals surface area (Å²) < 4.78 is 1.85. The molecule has 1 fully saturated rings. The highest BCUT2D eigenvalue weighted by atomic mass is 16.1. The first kappa shape index (κ1) is 12.1. The summed E-state index contributed by atoms with van der Waals surface area (Å²) in [5.41, 5.74) is 1.58. The largest absolute Gasteiger partial charge is 0.354 e. The summed E-state index contributed by atoms with van der Waals surface area (Å²) in [6.07, 6.45) is 5.91. The van der Waals surface area contributed by atoms with E-state index in [0.717, 1.165) is 29.9 Å². The van der Waals surface area contributed by atoms with E-state index in [1.807, 2.05) is 18.7 Å². The third kappa shape index (κ3) is 2.21. The van der Waals surface area contributed by atoms with Crippen LogP contribution in [0, 0.1) is 6.92 Å². The molecule has 0 spiro atoms. The van der Waals surface area contributed by atoms with E-state index >= 15 is 0 Å². The maximum absolute atomic E-state index is 11.2. The average Bonchev–Trinajstić information content (AvgIpc) is 2.46. The molecule has 1 unspecified atom stereocenters. The van der Waals surface area contributed by atoms with Crippen LogP contribution in [0.4, 0.5) is 5.82 Å². The maximum atomic E-state index is 11.2. The SMILES string of the molecule is Cc1nn(C)c(N2CCCCCC2C)c1C=O. The number of carbonyl (C=O) groups excluding carboxylic acids is 1. The summed E-state index contributed by atoms with van der Waals surface area (Å²) in [5, 5.41) is 4.37. The molecule has 17 heavy (non-hydrogen) atoms. The molecule has 4 nitrogen and oxygen atoms in total. The lowest BCUT2D eigenvalue weighted by atomic mass is 10.1. The predicted molar refractivity (Wildman–Crippen MR) is 68.6 cm³/mol. The highest BCUT2D eigenvalue weighted by molar-refractivity contribution is 5.84. The lowest BCUT2D eigenvalue weighted by Gasteiger charge is -2.29. The van der Waals surface area contributed by atoms with Gasteiger partial charge in [0, 0.05) is 19.6 Å². The summed E-state index contributed by atoms with van der Waals surface area (Å²) in [7, 11) is 1.92. The molecular formula is C13H21N3O. The second-order valence-electron chi connectivity index (χ2n) is 4.96. The summed E-state index contributed by atoms with van der Waals surface area (Å²) in [5.74, 6) is 0.993. The molecule has 1 aromatic rings. The molecule has 0 aliphatic carbocycles. The van der Waals surface area contributed by atoms with Gasteiger partial charge in [0.05, 0.1) is 11.3 Å². The van der Waals surface area contributed by atoms with Crippen LogP contribution in [0.25, 0.3) is 0 Å². The van der Waals surface area contributed by atoms with E-state index in [1.165, 1.54) is 25.7 Å². The number of carbonyl (C=O) groups is 1. The molecule has 0 radical (unpaired) electrons. The van der Waals surface area contributed by atoms with Gasteiger partial charge in [0.2, 0.25) is 0 Å². The Kier molecular flexibility index (Phi) is 3.50. The highest BCUT2D eigenvalue weighted by Gasteiger charge is 2.24. The van der Waals surface area contributed by atoms with Crippen molar-refractivity contribution in [2.45, 2.75) is 45.6 Å². The molecule has 1 aromatic heterocycles. The second-order valence-corrected chi connectivity index (χ2v) is 4.96. The van der Waals surface area contributed by atoms with Gasteiger partial charge in [-0.3, -0.25) is 9.48 Å². The topological polar surface area (TPSA) is 38.1 Å². The van der Waals surface area contributed by atoms with Gasteiger partial charge in [-0.2, -0.15) is 5.10 Å². The molecule has 94 valence electrons. The maximum Gasteiger partial charge on any atom is 0.155 e. The Morgan fingerprint density at radius 2 is 2.12 bits per heavy atom. The zero-order chi connectivity index (χ0) is 12.4. The van der Waals surface area contributed by atoms with Crippen LogP contribution in [0.3, 0.4) is 0 Å². The van der Waals surface area contributed by atoms with Crippen LogP contribution in [-0.4, -0.2) is 28.7 Å². The zero-order valence-corrected chi connectivity index (χ0v) is 10.9. The van der Waals surface area contributed by atoms with Crippen LogP contribution in [-0.2, 0) is 7.05 Å². The van der Waals surface area contributed by atoms with E-state index in [1.54, 1.807) is 0 Å². The van der Waals surface area contributed by atoms with E-state index in [2.05, 4.69) is 16.9 Å². The van der Waals surface area contributed by atoms with Gasteiger partial charge in [-0.05, 0) is 26.7 Å². The number of anilines is 1. The first-order valence-electron chi connectivity index (χ1n) is 6.40. The minimum Gasteiger partial charge on any atom is -0.354 e. The van der Waals surface area contributed by atoms with Crippen LogP contribution in [0.5, 0.6) is 0 Å². The van der Waals surface area contributed by atoms with Crippen molar-refractivity contribution in [1.29, 1.82) is 0 Å². The Bertz CT molecular complexity index is 411. The number of rotatable bonds is 2. The molecule has 2 rings (SSSR count). The van der Waals surface area contributed by atoms with Crippen LogP contribution in [0.2, 0.25) is 0 Å². The molecule has 0 aromatic carbocycles.